The van der Waals surface area contributed by atoms with Gasteiger partial charge in [0.05, 0.1) is 14.2 Å². The van der Waals surface area contributed by atoms with Crippen molar-refractivity contribution in [3.63, 3.8) is 0 Å². The molecule has 112 valence electrons. The Hall–Kier alpha value is -1.75. The fourth-order valence-electron chi connectivity index (χ4n) is 1.95. The summed E-state index contributed by atoms with van der Waals surface area (Å²) in [6.07, 6.45) is 0.710. The minimum absolute atomic E-state index is 0.1000. The highest BCUT2D eigenvalue weighted by Crippen LogP contribution is 2.26. The summed E-state index contributed by atoms with van der Waals surface area (Å²) in [6, 6.07) is 4.77. The highest BCUT2D eigenvalue weighted by Gasteiger charge is 2.19. The maximum absolute atomic E-state index is 11.7. The maximum atomic E-state index is 11.7. The van der Waals surface area contributed by atoms with Crippen molar-refractivity contribution in [2.24, 2.45) is 5.92 Å². The molecule has 0 aliphatic rings. The molecule has 0 bridgehead atoms. The number of benzene rings is 1. The lowest BCUT2D eigenvalue weighted by Crippen LogP contribution is -2.38. The number of carbonyl (C=O) groups excluding carboxylic acids is 1. The summed E-state index contributed by atoms with van der Waals surface area (Å²) in [5, 5.41) is 12.7. The van der Waals surface area contributed by atoms with E-state index >= 15 is 0 Å². The van der Waals surface area contributed by atoms with Gasteiger partial charge in [0.1, 0.15) is 6.04 Å². The van der Waals surface area contributed by atoms with Gasteiger partial charge in [0, 0.05) is 6.54 Å². The van der Waals surface area contributed by atoms with Crippen LogP contribution in [0, 0.1) is 5.92 Å². The average Bonchev–Trinajstić information content (AvgIpc) is 2.43. The van der Waals surface area contributed by atoms with Crippen molar-refractivity contribution in [1.82, 2.24) is 5.32 Å². The molecule has 1 aromatic rings. The molecule has 0 saturated heterocycles. The molecule has 0 aliphatic carbocycles. The minimum atomic E-state index is -0.334. The molecule has 0 aliphatic heterocycles. The Morgan fingerprint density at radius 3 is 2.60 bits per heavy atom. The lowest BCUT2D eigenvalue weighted by Gasteiger charge is -2.18. The Bertz CT molecular complexity index is 445. The topological polar surface area (TPSA) is 67.8 Å². The smallest absolute Gasteiger partial charge is 0.322 e. The molecule has 1 rings (SSSR count). The molecule has 0 heterocycles. The summed E-state index contributed by atoms with van der Waals surface area (Å²) in [5.74, 6) is 0.649. The van der Waals surface area contributed by atoms with Crippen molar-refractivity contribution < 1.29 is 19.4 Å². The van der Waals surface area contributed by atoms with Crippen LogP contribution >= 0.6 is 0 Å². The molecule has 1 unspecified atom stereocenters. The van der Waals surface area contributed by atoms with E-state index in [-0.39, 0.29) is 17.8 Å². The summed E-state index contributed by atoms with van der Waals surface area (Å²) in [5.41, 5.74) is 0.928. The van der Waals surface area contributed by atoms with E-state index in [9.17, 15) is 9.90 Å². The van der Waals surface area contributed by atoms with E-state index in [4.69, 9.17) is 9.47 Å². The molecule has 5 heteroatoms. The van der Waals surface area contributed by atoms with Crippen molar-refractivity contribution >= 4 is 5.97 Å². The van der Waals surface area contributed by atoms with Gasteiger partial charge < -0.3 is 19.9 Å². The van der Waals surface area contributed by atoms with Crippen molar-refractivity contribution in [2.75, 3.05) is 14.2 Å². The van der Waals surface area contributed by atoms with E-state index in [0.717, 1.165) is 5.56 Å². The van der Waals surface area contributed by atoms with E-state index in [0.29, 0.717) is 24.6 Å². The Balaban J connectivity index is 2.69. The Labute approximate surface area is 119 Å². The molecule has 0 amide bonds. The fourth-order valence-corrected chi connectivity index (χ4v) is 1.95. The average molecular weight is 281 g/mol. The molecule has 0 radical (unpaired) electrons. The molecule has 0 aromatic heterocycles. The van der Waals surface area contributed by atoms with Crippen LogP contribution < -0.4 is 10.1 Å². The standard InChI is InChI=1S/C15H23NO4/c1-10(2)7-12(15(18)20-4)16-9-11-5-6-13(17)14(8-11)19-3/h5-6,8,10,12,16-17H,7,9H2,1-4H3. The third-order valence-electron chi connectivity index (χ3n) is 2.99. The first kappa shape index (κ1) is 16.3. The van der Waals surface area contributed by atoms with Gasteiger partial charge in [-0.3, -0.25) is 4.79 Å². The Morgan fingerprint density at radius 2 is 2.05 bits per heavy atom. The van der Waals surface area contributed by atoms with Crippen LogP contribution in [-0.4, -0.2) is 31.3 Å². The molecule has 0 saturated carbocycles. The second kappa shape index (κ2) is 7.75. The zero-order valence-corrected chi connectivity index (χ0v) is 12.5. The first-order valence-corrected chi connectivity index (χ1v) is 6.65. The van der Waals surface area contributed by atoms with Crippen LogP contribution in [0.4, 0.5) is 0 Å². The maximum Gasteiger partial charge on any atom is 0.322 e. The lowest BCUT2D eigenvalue weighted by molar-refractivity contribution is -0.143. The highest BCUT2D eigenvalue weighted by atomic mass is 16.5. The van der Waals surface area contributed by atoms with Gasteiger partial charge in [-0.2, -0.15) is 0 Å². The zero-order chi connectivity index (χ0) is 15.1. The number of methoxy groups -OCH3 is 2. The molecule has 20 heavy (non-hydrogen) atoms. The minimum Gasteiger partial charge on any atom is -0.504 e. The summed E-state index contributed by atoms with van der Waals surface area (Å²) in [7, 11) is 2.89. The van der Waals surface area contributed by atoms with E-state index in [1.54, 1.807) is 18.2 Å². The van der Waals surface area contributed by atoms with Crippen LogP contribution in [0.15, 0.2) is 18.2 Å². The van der Waals surface area contributed by atoms with Gasteiger partial charge in [-0.1, -0.05) is 19.9 Å². The van der Waals surface area contributed by atoms with Crippen molar-refractivity contribution in [2.45, 2.75) is 32.9 Å². The molecule has 5 nitrogen and oxygen atoms in total. The van der Waals surface area contributed by atoms with Crippen molar-refractivity contribution in [3.8, 4) is 11.5 Å². The summed E-state index contributed by atoms with van der Waals surface area (Å²) >= 11 is 0. The predicted octanol–water partition coefficient (Wildman–Crippen LogP) is 2.08. The van der Waals surface area contributed by atoms with Crippen molar-refractivity contribution in [3.05, 3.63) is 23.8 Å². The first-order chi connectivity index (χ1) is 9.47. The Kier molecular flexibility index (Phi) is 6.31. The van der Waals surface area contributed by atoms with Gasteiger partial charge >= 0.3 is 5.97 Å². The number of ether oxygens (including phenoxy) is 2. The SMILES string of the molecule is COC(=O)C(CC(C)C)NCc1ccc(O)c(OC)c1. The number of carbonyl (C=O) groups is 1. The number of hydrogen-bond acceptors (Lipinski definition) is 5. The number of hydrogen-bond donors (Lipinski definition) is 2. The third kappa shape index (κ3) is 4.74. The third-order valence-corrected chi connectivity index (χ3v) is 2.99. The first-order valence-electron chi connectivity index (χ1n) is 6.65. The number of phenols is 1. The predicted molar refractivity (Wildman–Crippen MR) is 76.8 cm³/mol. The van der Waals surface area contributed by atoms with Crippen LogP contribution in [0.5, 0.6) is 11.5 Å². The van der Waals surface area contributed by atoms with E-state index in [1.807, 2.05) is 0 Å². The summed E-state index contributed by atoms with van der Waals surface area (Å²) in [6.45, 7) is 4.62. The van der Waals surface area contributed by atoms with Gasteiger partial charge in [-0.25, -0.2) is 0 Å². The molecule has 2 N–H and O–H groups in total. The molecular weight excluding hydrogens is 258 g/mol. The van der Waals surface area contributed by atoms with E-state index in [1.165, 1.54) is 14.2 Å². The van der Waals surface area contributed by atoms with Crippen LogP contribution in [0.25, 0.3) is 0 Å². The highest BCUT2D eigenvalue weighted by molar-refractivity contribution is 5.75. The fraction of sp³-hybridized carbons (Fsp3) is 0.533. The van der Waals surface area contributed by atoms with E-state index in [2.05, 4.69) is 19.2 Å². The Morgan fingerprint density at radius 1 is 1.35 bits per heavy atom. The largest absolute Gasteiger partial charge is 0.504 e. The van der Waals surface area contributed by atoms with Gasteiger partial charge in [0.15, 0.2) is 11.5 Å². The number of esters is 1. The molecule has 0 spiro atoms. The quantitative estimate of drug-likeness (QED) is 0.749. The van der Waals surface area contributed by atoms with Gasteiger partial charge in [-0.15, -0.1) is 0 Å². The van der Waals surface area contributed by atoms with Crippen LogP contribution in [0.2, 0.25) is 0 Å². The normalized spacial score (nSPS) is 12.2. The van der Waals surface area contributed by atoms with Crippen LogP contribution in [-0.2, 0) is 16.1 Å². The number of nitrogens with one attached hydrogen (secondary N) is 1. The van der Waals surface area contributed by atoms with Crippen LogP contribution in [0.3, 0.4) is 0 Å². The van der Waals surface area contributed by atoms with Gasteiger partial charge in [-0.05, 0) is 30.0 Å². The second-order valence-corrected chi connectivity index (χ2v) is 5.09. The summed E-state index contributed by atoms with van der Waals surface area (Å²) < 4.78 is 9.86. The van der Waals surface area contributed by atoms with E-state index < -0.39 is 0 Å². The van der Waals surface area contributed by atoms with Gasteiger partial charge in [0.25, 0.3) is 0 Å². The molecule has 1 aromatic carbocycles. The molecule has 1 atom stereocenters. The molecular formula is C15H23NO4. The second-order valence-electron chi connectivity index (χ2n) is 5.09. The zero-order valence-electron chi connectivity index (χ0n) is 12.5. The van der Waals surface area contributed by atoms with Crippen LogP contribution in [0.1, 0.15) is 25.8 Å². The van der Waals surface area contributed by atoms with Gasteiger partial charge in [0.2, 0.25) is 0 Å². The number of phenolic OH excluding ortho intramolecular Hbond substituents is 1. The van der Waals surface area contributed by atoms with Crippen molar-refractivity contribution in [1.29, 1.82) is 0 Å². The lowest BCUT2D eigenvalue weighted by atomic mass is 10.0. The number of rotatable bonds is 7. The molecule has 0 fully saturated rings. The summed E-state index contributed by atoms with van der Waals surface area (Å²) in [4.78, 5) is 11.7. The monoisotopic (exact) mass is 281 g/mol. The number of aromatic hydroxyl groups is 1.